The number of sulfonamides is 1. The summed E-state index contributed by atoms with van der Waals surface area (Å²) in [6, 6.07) is 19.7. The Morgan fingerprint density at radius 3 is 2.24 bits per heavy atom. The molecule has 0 saturated heterocycles. The molecule has 2 heterocycles. The SMILES string of the molecule is NS(=O)(=O)c1ccc(N2C(=O)CC(c3cccs3)C3=C2CC(c2ccccc2)CC3=O)cc1. The molecule has 6 nitrogen and oxygen atoms in total. The Kier molecular flexibility index (Phi) is 5.52. The third-order valence-electron chi connectivity index (χ3n) is 6.31. The van der Waals surface area contributed by atoms with Crippen LogP contribution in [0.15, 0.2) is 88.3 Å². The van der Waals surface area contributed by atoms with Gasteiger partial charge < -0.3 is 0 Å². The maximum absolute atomic E-state index is 13.5. The zero-order chi connectivity index (χ0) is 23.2. The fourth-order valence-corrected chi connectivity index (χ4v) is 6.17. The summed E-state index contributed by atoms with van der Waals surface area (Å²) >= 11 is 1.55. The van der Waals surface area contributed by atoms with E-state index < -0.39 is 10.0 Å². The number of carbonyl (C=O) groups is 2. The predicted octanol–water partition coefficient (Wildman–Crippen LogP) is 4.32. The number of primary sulfonamides is 1. The van der Waals surface area contributed by atoms with Crippen molar-refractivity contribution < 1.29 is 18.0 Å². The van der Waals surface area contributed by atoms with Crippen LogP contribution in [0.3, 0.4) is 0 Å². The lowest BCUT2D eigenvalue weighted by molar-refractivity contribution is -0.120. The number of thiophene rings is 1. The number of allylic oxidation sites excluding steroid dienone is 2. The van der Waals surface area contributed by atoms with E-state index in [2.05, 4.69) is 0 Å². The second kappa shape index (κ2) is 8.37. The molecule has 3 aromatic rings. The Labute approximate surface area is 196 Å². The monoisotopic (exact) mass is 478 g/mol. The molecule has 0 saturated carbocycles. The molecular weight excluding hydrogens is 456 g/mol. The van der Waals surface area contributed by atoms with Crippen molar-refractivity contribution in [2.45, 2.75) is 36.0 Å². The first-order valence-corrected chi connectivity index (χ1v) is 13.1. The van der Waals surface area contributed by atoms with Gasteiger partial charge in [-0.2, -0.15) is 0 Å². The Morgan fingerprint density at radius 2 is 1.61 bits per heavy atom. The summed E-state index contributed by atoms with van der Waals surface area (Å²) in [7, 11) is -3.85. The van der Waals surface area contributed by atoms with Crippen LogP contribution in [0.25, 0.3) is 0 Å². The van der Waals surface area contributed by atoms with E-state index in [0.717, 1.165) is 10.4 Å². The van der Waals surface area contributed by atoms with Gasteiger partial charge >= 0.3 is 0 Å². The number of anilines is 1. The van der Waals surface area contributed by atoms with Gasteiger partial charge in [0.05, 0.1) is 4.90 Å². The molecule has 2 aromatic carbocycles. The van der Waals surface area contributed by atoms with Gasteiger partial charge in [-0.05, 0) is 53.6 Å². The summed E-state index contributed by atoms with van der Waals surface area (Å²) in [5.74, 6) is -0.339. The van der Waals surface area contributed by atoms with Crippen LogP contribution in [0.1, 0.15) is 41.5 Å². The van der Waals surface area contributed by atoms with Crippen molar-refractivity contribution in [1.82, 2.24) is 0 Å². The highest BCUT2D eigenvalue weighted by molar-refractivity contribution is 7.89. The van der Waals surface area contributed by atoms with Crippen molar-refractivity contribution >= 4 is 38.7 Å². The molecule has 2 atom stereocenters. The van der Waals surface area contributed by atoms with Crippen LogP contribution in [-0.4, -0.2) is 20.1 Å². The molecule has 2 N–H and O–H groups in total. The highest BCUT2D eigenvalue weighted by atomic mass is 32.2. The van der Waals surface area contributed by atoms with Crippen molar-refractivity contribution in [3.63, 3.8) is 0 Å². The van der Waals surface area contributed by atoms with Gasteiger partial charge in [-0.3, -0.25) is 14.5 Å². The molecule has 0 bridgehead atoms. The Balaban J connectivity index is 1.63. The predicted molar refractivity (Wildman–Crippen MR) is 127 cm³/mol. The number of hydrogen-bond donors (Lipinski definition) is 1. The van der Waals surface area contributed by atoms with Gasteiger partial charge in [0.2, 0.25) is 15.9 Å². The van der Waals surface area contributed by atoms with E-state index in [9.17, 15) is 18.0 Å². The summed E-state index contributed by atoms with van der Waals surface area (Å²) < 4.78 is 23.3. The number of nitrogens with two attached hydrogens (primary N) is 1. The molecule has 5 rings (SSSR count). The van der Waals surface area contributed by atoms with Crippen molar-refractivity contribution in [3.8, 4) is 0 Å². The first-order valence-electron chi connectivity index (χ1n) is 10.6. The van der Waals surface area contributed by atoms with Crippen molar-refractivity contribution in [2.24, 2.45) is 5.14 Å². The second-order valence-corrected chi connectivity index (χ2v) is 10.9. The molecule has 0 spiro atoms. The van der Waals surface area contributed by atoms with Crippen LogP contribution in [0.2, 0.25) is 0 Å². The first-order chi connectivity index (χ1) is 15.8. The van der Waals surface area contributed by atoms with E-state index in [0.29, 0.717) is 29.8 Å². The molecule has 1 amide bonds. The standard InChI is InChI=1S/C25H22N2O4S2/c26-33(30,31)19-10-8-18(9-11-19)27-21-13-17(16-5-2-1-3-6-16)14-22(28)25(21)20(15-24(27)29)23-7-4-12-32-23/h1-12,17,20H,13-15H2,(H2,26,30,31). The average molecular weight is 479 g/mol. The molecule has 0 fully saturated rings. The molecular formula is C25H22N2O4S2. The zero-order valence-electron chi connectivity index (χ0n) is 17.7. The Morgan fingerprint density at radius 1 is 0.879 bits per heavy atom. The zero-order valence-corrected chi connectivity index (χ0v) is 19.3. The van der Waals surface area contributed by atoms with Gasteiger partial charge in [0.15, 0.2) is 5.78 Å². The van der Waals surface area contributed by atoms with Crippen LogP contribution in [-0.2, 0) is 19.6 Å². The molecule has 0 radical (unpaired) electrons. The fourth-order valence-electron chi connectivity index (χ4n) is 4.81. The van der Waals surface area contributed by atoms with Gasteiger partial charge in [0.25, 0.3) is 0 Å². The lowest BCUT2D eigenvalue weighted by atomic mass is 9.74. The maximum Gasteiger partial charge on any atom is 0.238 e. The van der Waals surface area contributed by atoms with Gasteiger partial charge in [0, 0.05) is 40.6 Å². The summed E-state index contributed by atoms with van der Waals surface area (Å²) in [4.78, 5) is 29.5. The van der Waals surface area contributed by atoms with E-state index in [4.69, 9.17) is 5.14 Å². The van der Waals surface area contributed by atoms with E-state index in [1.165, 1.54) is 12.1 Å². The number of carbonyl (C=O) groups excluding carboxylic acids is 2. The second-order valence-electron chi connectivity index (χ2n) is 8.34. The van der Waals surface area contributed by atoms with Crippen molar-refractivity contribution in [3.05, 3.63) is 93.8 Å². The topological polar surface area (TPSA) is 97.5 Å². The molecule has 8 heteroatoms. The first kappa shape index (κ1) is 21.8. The van der Waals surface area contributed by atoms with Gasteiger partial charge in [-0.1, -0.05) is 36.4 Å². The van der Waals surface area contributed by atoms with Gasteiger partial charge in [0.1, 0.15) is 0 Å². The average Bonchev–Trinajstić information content (AvgIpc) is 3.33. The minimum absolute atomic E-state index is 0.0248. The maximum atomic E-state index is 13.5. The van der Waals surface area contributed by atoms with Crippen LogP contribution in [0, 0.1) is 0 Å². The number of rotatable bonds is 4. The molecule has 1 aromatic heterocycles. The van der Waals surface area contributed by atoms with Crippen LogP contribution < -0.4 is 10.0 Å². The van der Waals surface area contributed by atoms with E-state index in [-0.39, 0.29) is 34.8 Å². The minimum Gasteiger partial charge on any atom is -0.294 e. The molecule has 2 aliphatic rings. The van der Waals surface area contributed by atoms with Crippen molar-refractivity contribution in [2.75, 3.05) is 4.90 Å². The number of benzene rings is 2. The fraction of sp³-hybridized carbons (Fsp3) is 0.200. The smallest absolute Gasteiger partial charge is 0.238 e. The van der Waals surface area contributed by atoms with E-state index in [1.807, 2.05) is 47.8 Å². The minimum atomic E-state index is -3.85. The molecule has 2 unspecified atom stereocenters. The number of ketones is 1. The summed E-state index contributed by atoms with van der Waals surface area (Å²) in [5.41, 5.74) is 3.00. The van der Waals surface area contributed by atoms with Gasteiger partial charge in [-0.15, -0.1) is 11.3 Å². The Hall–Kier alpha value is -3.07. The van der Waals surface area contributed by atoms with Crippen molar-refractivity contribution in [1.29, 1.82) is 0 Å². The number of Topliss-reactive ketones (excluding diaryl/α,β-unsaturated/α-hetero) is 1. The number of nitrogens with zero attached hydrogens (tertiary/aromatic N) is 1. The quantitative estimate of drug-likeness (QED) is 0.604. The largest absolute Gasteiger partial charge is 0.294 e. The molecule has 168 valence electrons. The number of amides is 1. The molecule has 1 aliphatic carbocycles. The van der Waals surface area contributed by atoms with Crippen LogP contribution >= 0.6 is 11.3 Å². The van der Waals surface area contributed by atoms with E-state index in [1.54, 1.807) is 28.4 Å². The van der Waals surface area contributed by atoms with Crippen LogP contribution in [0.5, 0.6) is 0 Å². The van der Waals surface area contributed by atoms with Gasteiger partial charge in [-0.25, -0.2) is 13.6 Å². The normalized spacial score (nSPS) is 21.3. The summed E-state index contributed by atoms with van der Waals surface area (Å²) in [6.45, 7) is 0. The van der Waals surface area contributed by atoms with E-state index >= 15 is 0 Å². The highest BCUT2D eigenvalue weighted by Crippen LogP contribution is 2.47. The van der Waals surface area contributed by atoms with Crippen LogP contribution in [0.4, 0.5) is 5.69 Å². The Bertz CT molecular complexity index is 1350. The lowest BCUT2D eigenvalue weighted by Gasteiger charge is -2.40. The molecule has 33 heavy (non-hydrogen) atoms. The molecule has 1 aliphatic heterocycles. The summed E-state index contributed by atoms with van der Waals surface area (Å²) in [6.07, 6.45) is 1.14. The third-order valence-corrected chi connectivity index (χ3v) is 8.23. The number of hydrogen-bond acceptors (Lipinski definition) is 5. The lowest BCUT2D eigenvalue weighted by Crippen LogP contribution is -2.41. The summed E-state index contributed by atoms with van der Waals surface area (Å²) in [5, 5.41) is 7.19. The highest BCUT2D eigenvalue weighted by Gasteiger charge is 2.42. The third kappa shape index (κ3) is 4.06.